The van der Waals surface area contributed by atoms with Crippen molar-refractivity contribution in [2.24, 2.45) is 0 Å². The fourth-order valence-electron chi connectivity index (χ4n) is 2.92. The van der Waals surface area contributed by atoms with Crippen molar-refractivity contribution in [3.05, 3.63) is 51.7 Å². The molecule has 0 unspecified atom stereocenters. The number of aromatic carboxylic acids is 1. The molecule has 3 rings (SSSR count). The molecule has 0 radical (unpaired) electrons. The summed E-state index contributed by atoms with van der Waals surface area (Å²) < 4.78 is 2.79. The van der Waals surface area contributed by atoms with Crippen molar-refractivity contribution >= 4 is 11.9 Å². The maximum absolute atomic E-state index is 12.4. The number of benzene rings is 1. The summed E-state index contributed by atoms with van der Waals surface area (Å²) in [5.41, 5.74) is 0.869. The van der Waals surface area contributed by atoms with Crippen LogP contribution in [-0.4, -0.2) is 61.8 Å². The standard InChI is InChI=1S/C17H21N5O4/c1-19(2)15(23)11-22-17(26)21-7-6-20(10-14(21)18-22)9-12-4-3-5-13(8-12)16(24)25/h3-5,8H,6-7,9-11H2,1-2H3,(H,24,25). The van der Waals surface area contributed by atoms with Gasteiger partial charge in [0.05, 0.1) is 12.1 Å². The van der Waals surface area contributed by atoms with Gasteiger partial charge in [0.25, 0.3) is 0 Å². The van der Waals surface area contributed by atoms with E-state index in [9.17, 15) is 14.4 Å². The molecule has 1 amide bonds. The normalized spacial score (nSPS) is 14.1. The van der Waals surface area contributed by atoms with Crippen molar-refractivity contribution in [3.63, 3.8) is 0 Å². The van der Waals surface area contributed by atoms with Gasteiger partial charge in [-0.05, 0) is 17.7 Å². The molecule has 1 aliphatic heterocycles. The molecule has 26 heavy (non-hydrogen) atoms. The summed E-state index contributed by atoms with van der Waals surface area (Å²) in [7, 11) is 3.27. The van der Waals surface area contributed by atoms with Gasteiger partial charge in [-0.3, -0.25) is 14.3 Å². The molecular weight excluding hydrogens is 338 g/mol. The van der Waals surface area contributed by atoms with Crippen molar-refractivity contribution in [1.82, 2.24) is 24.1 Å². The van der Waals surface area contributed by atoms with Crippen LogP contribution >= 0.6 is 0 Å². The van der Waals surface area contributed by atoms with Crippen LogP contribution in [0.3, 0.4) is 0 Å². The molecule has 9 nitrogen and oxygen atoms in total. The number of rotatable bonds is 5. The lowest BCUT2D eigenvalue weighted by Crippen LogP contribution is -2.38. The maximum Gasteiger partial charge on any atom is 0.346 e. The van der Waals surface area contributed by atoms with Gasteiger partial charge in [-0.1, -0.05) is 12.1 Å². The van der Waals surface area contributed by atoms with Gasteiger partial charge in [0, 0.05) is 33.7 Å². The molecule has 1 aliphatic rings. The Bertz CT molecular complexity index is 899. The molecule has 1 N–H and O–H groups in total. The van der Waals surface area contributed by atoms with Gasteiger partial charge < -0.3 is 10.0 Å². The number of carboxylic acids is 1. The highest BCUT2D eigenvalue weighted by Crippen LogP contribution is 2.14. The van der Waals surface area contributed by atoms with E-state index in [2.05, 4.69) is 10.00 Å². The summed E-state index contributed by atoms with van der Waals surface area (Å²) in [6.07, 6.45) is 0. The first-order chi connectivity index (χ1) is 12.3. The molecule has 0 fully saturated rings. The molecule has 0 spiro atoms. The highest BCUT2D eigenvalue weighted by molar-refractivity contribution is 5.87. The zero-order chi connectivity index (χ0) is 18.8. The Kier molecular flexibility index (Phi) is 4.90. The third-order valence-electron chi connectivity index (χ3n) is 4.37. The van der Waals surface area contributed by atoms with Gasteiger partial charge in [0.15, 0.2) is 0 Å². The van der Waals surface area contributed by atoms with Crippen molar-refractivity contribution < 1.29 is 14.7 Å². The molecule has 9 heteroatoms. The average molecular weight is 359 g/mol. The Labute approximate surface area is 150 Å². The number of nitrogens with zero attached hydrogens (tertiary/aromatic N) is 5. The summed E-state index contributed by atoms with van der Waals surface area (Å²) in [4.78, 5) is 38.8. The Balaban J connectivity index is 1.74. The SMILES string of the molecule is CN(C)C(=O)Cn1nc2n(c1=O)CCN(Cc1cccc(C(=O)O)c1)C2. The molecule has 138 valence electrons. The summed E-state index contributed by atoms with van der Waals surface area (Å²) in [5, 5.41) is 13.4. The van der Waals surface area contributed by atoms with E-state index in [-0.39, 0.29) is 23.7 Å². The van der Waals surface area contributed by atoms with Crippen molar-refractivity contribution in [2.75, 3.05) is 20.6 Å². The minimum Gasteiger partial charge on any atom is -0.478 e. The van der Waals surface area contributed by atoms with Crippen molar-refractivity contribution in [2.45, 2.75) is 26.2 Å². The van der Waals surface area contributed by atoms with Crippen LogP contribution in [-0.2, 0) is 31.0 Å². The zero-order valence-electron chi connectivity index (χ0n) is 14.8. The Morgan fingerprint density at radius 2 is 2.04 bits per heavy atom. The summed E-state index contributed by atoms with van der Waals surface area (Å²) in [6, 6.07) is 6.81. The van der Waals surface area contributed by atoms with E-state index in [1.165, 1.54) is 9.58 Å². The van der Waals surface area contributed by atoms with E-state index in [0.717, 1.165) is 5.56 Å². The van der Waals surface area contributed by atoms with Crippen LogP contribution in [0.1, 0.15) is 21.7 Å². The minimum absolute atomic E-state index is 0.0769. The predicted octanol–water partition coefficient (Wildman–Crippen LogP) is -0.153. The van der Waals surface area contributed by atoms with E-state index in [1.807, 2.05) is 6.07 Å². The second-order valence-corrected chi connectivity index (χ2v) is 6.51. The Hall–Kier alpha value is -2.94. The van der Waals surface area contributed by atoms with E-state index < -0.39 is 5.97 Å². The van der Waals surface area contributed by atoms with Gasteiger partial charge in [-0.25, -0.2) is 14.3 Å². The smallest absolute Gasteiger partial charge is 0.346 e. The molecule has 1 aromatic heterocycles. The quantitative estimate of drug-likeness (QED) is 0.797. The first-order valence-corrected chi connectivity index (χ1v) is 8.26. The number of amides is 1. The number of carbonyl (C=O) groups excluding carboxylic acids is 1. The summed E-state index contributed by atoms with van der Waals surface area (Å²) in [5.74, 6) is -0.532. The number of carboxylic acid groups (broad SMARTS) is 1. The van der Waals surface area contributed by atoms with E-state index in [1.54, 1.807) is 36.9 Å². The first kappa shape index (κ1) is 17.9. The Morgan fingerprint density at radius 3 is 2.73 bits per heavy atom. The van der Waals surface area contributed by atoms with Crippen LogP contribution in [0.2, 0.25) is 0 Å². The number of fused-ring (bicyclic) bond motifs is 1. The van der Waals surface area contributed by atoms with Crippen LogP contribution in [0.15, 0.2) is 29.1 Å². The third kappa shape index (κ3) is 3.67. The summed E-state index contributed by atoms with van der Waals surface area (Å²) >= 11 is 0. The minimum atomic E-state index is -0.955. The van der Waals surface area contributed by atoms with E-state index in [0.29, 0.717) is 32.0 Å². The molecule has 0 atom stereocenters. The predicted molar refractivity (Wildman–Crippen MR) is 92.7 cm³/mol. The van der Waals surface area contributed by atoms with Crippen LogP contribution in [0.25, 0.3) is 0 Å². The molecule has 0 saturated heterocycles. The maximum atomic E-state index is 12.4. The zero-order valence-corrected chi connectivity index (χ0v) is 14.8. The number of aromatic nitrogens is 3. The van der Waals surface area contributed by atoms with Crippen LogP contribution < -0.4 is 5.69 Å². The average Bonchev–Trinajstić information content (AvgIpc) is 2.90. The molecule has 2 aromatic rings. The number of carbonyl (C=O) groups is 2. The van der Waals surface area contributed by atoms with Crippen LogP contribution in [0.5, 0.6) is 0 Å². The molecule has 1 aromatic carbocycles. The number of hydrogen-bond donors (Lipinski definition) is 1. The van der Waals surface area contributed by atoms with Gasteiger partial charge in [-0.2, -0.15) is 5.10 Å². The van der Waals surface area contributed by atoms with Gasteiger partial charge in [-0.15, -0.1) is 0 Å². The lowest BCUT2D eigenvalue weighted by molar-refractivity contribution is -0.129. The number of hydrogen-bond acceptors (Lipinski definition) is 5. The van der Waals surface area contributed by atoms with E-state index >= 15 is 0 Å². The fraction of sp³-hybridized carbons (Fsp3) is 0.412. The molecule has 0 saturated carbocycles. The van der Waals surface area contributed by atoms with Crippen LogP contribution in [0.4, 0.5) is 0 Å². The van der Waals surface area contributed by atoms with Gasteiger partial charge in [0.1, 0.15) is 12.4 Å². The van der Waals surface area contributed by atoms with Crippen LogP contribution in [0, 0.1) is 0 Å². The second kappa shape index (κ2) is 7.12. The lowest BCUT2D eigenvalue weighted by atomic mass is 10.1. The molecule has 0 bridgehead atoms. The highest BCUT2D eigenvalue weighted by Gasteiger charge is 2.23. The van der Waals surface area contributed by atoms with Gasteiger partial charge >= 0.3 is 11.7 Å². The van der Waals surface area contributed by atoms with Crippen molar-refractivity contribution in [1.29, 1.82) is 0 Å². The Morgan fingerprint density at radius 1 is 1.27 bits per heavy atom. The van der Waals surface area contributed by atoms with E-state index in [4.69, 9.17) is 5.11 Å². The van der Waals surface area contributed by atoms with Crippen molar-refractivity contribution in [3.8, 4) is 0 Å². The summed E-state index contributed by atoms with van der Waals surface area (Å²) in [6.45, 7) is 2.10. The largest absolute Gasteiger partial charge is 0.478 e. The monoisotopic (exact) mass is 359 g/mol. The number of likely N-dealkylation sites (N-methyl/N-ethyl adjacent to an activating group) is 1. The van der Waals surface area contributed by atoms with Gasteiger partial charge in [0.2, 0.25) is 5.91 Å². The topological polar surface area (TPSA) is 101 Å². The molecule has 2 heterocycles. The molecule has 0 aliphatic carbocycles. The molecular formula is C17H21N5O4. The highest BCUT2D eigenvalue weighted by atomic mass is 16.4. The first-order valence-electron chi connectivity index (χ1n) is 8.26. The lowest BCUT2D eigenvalue weighted by Gasteiger charge is -2.26. The fourth-order valence-corrected chi connectivity index (χ4v) is 2.92. The third-order valence-corrected chi connectivity index (χ3v) is 4.37. The second-order valence-electron chi connectivity index (χ2n) is 6.51.